The van der Waals surface area contributed by atoms with Crippen LogP contribution in [-0.2, 0) is 19.0 Å². The molecule has 0 spiro atoms. The van der Waals surface area contributed by atoms with Crippen LogP contribution in [0.1, 0.15) is 48.0 Å². The highest BCUT2D eigenvalue weighted by Crippen LogP contribution is 2.29. The molecule has 0 saturated heterocycles. The molecule has 22 heavy (non-hydrogen) atoms. The number of hydrogen-bond donors (Lipinski definition) is 0. The third-order valence-corrected chi connectivity index (χ3v) is 3.21. The van der Waals surface area contributed by atoms with E-state index in [4.69, 9.17) is 14.2 Å². The number of ketones is 1. The molecule has 4 heteroatoms. The normalized spacial score (nSPS) is 18.9. The molecule has 1 aliphatic rings. The van der Waals surface area contributed by atoms with E-state index in [0.717, 1.165) is 5.76 Å². The van der Waals surface area contributed by atoms with Crippen LogP contribution in [-0.4, -0.2) is 31.9 Å². The first-order valence-corrected chi connectivity index (χ1v) is 8.40. The predicted octanol–water partition coefficient (Wildman–Crippen LogP) is 3.80. The van der Waals surface area contributed by atoms with Gasteiger partial charge in [0.15, 0.2) is 12.1 Å². The van der Waals surface area contributed by atoms with Crippen molar-refractivity contribution in [3.63, 3.8) is 0 Å². The first-order valence-electron chi connectivity index (χ1n) is 8.40. The summed E-state index contributed by atoms with van der Waals surface area (Å²) >= 11 is 0. The van der Waals surface area contributed by atoms with Gasteiger partial charge < -0.3 is 14.2 Å². The van der Waals surface area contributed by atoms with E-state index in [0.29, 0.717) is 44.0 Å². The van der Waals surface area contributed by atoms with Crippen molar-refractivity contribution in [3.8, 4) is 0 Å². The number of allylic oxidation sites excluding steroid dienone is 2. The van der Waals surface area contributed by atoms with Gasteiger partial charge in [0, 0.05) is 12.5 Å². The van der Waals surface area contributed by atoms with E-state index >= 15 is 0 Å². The Morgan fingerprint density at radius 1 is 0.955 bits per heavy atom. The summed E-state index contributed by atoms with van der Waals surface area (Å²) in [6.45, 7) is 14.4. The summed E-state index contributed by atoms with van der Waals surface area (Å²) in [7, 11) is 0. The van der Waals surface area contributed by atoms with Gasteiger partial charge in [-0.15, -0.1) is 0 Å². The maximum absolute atomic E-state index is 12.2. The third-order valence-electron chi connectivity index (χ3n) is 3.21. The second-order valence-corrected chi connectivity index (χ2v) is 7.35. The highest BCUT2D eigenvalue weighted by Gasteiger charge is 2.35. The van der Waals surface area contributed by atoms with Crippen LogP contribution in [0.5, 0.6) is 0 Å². The van der Waals surface area contributed by atoms with Gasteiger partial charge in [-0.05, 0) is 17.8 Å². The fourth-order valence-electron chi connectivity index (χ4n) is 2.10. The van der Waals surface area contributed by atoms with E-state index in [-0.39, 0.29) is 11.7 Å². The van der Waals surface area contributed by atoms with Gasteiger partial charge in [0.25, 0.3) is 0 Å². The van der Waals surface area contributed by atoms with Crippen LogP contribution >= 0.6 is 0 Å². The number of rotatable bonds is 10. The molecule has 0 aliphatic heterocycles. The van der Waals surface area contributed by atoms with Gasteiger partial charge >= 0.3 is 0 Å². The van der Waals surface area contributed by atoms with Crippen molar-refractivity contribution in [2.75, 3.05) is 19.8 Å². The number of ether oxygens (including phenoxy) is 3. The molecular formula is C18H32O4. The second-order valence-electron chi connectivity index (χ2n) is 7.35. The molecule has 0 saturated carbocycles. The van der Waals surface area contributed by atoms with E-state index in [1.807, 2.05) is 0 Å². The number of hydrogen-bond acceptors (Lipinski definition) is 4. The second kappa shape index (κ2) is 9.31. The smallest absolute Gasteiger partial charge is 0.168 e. The van der Waals surface area contributed by atoms with Gasteiger partial charge in [-0.1, -0.05) is 41.5 Å². The lowest BCUT2D eigenvalue weighted by Crippen LogP contribution is -2.32. The molecule has 1 unspecified atom stereocenters. The fourth-order valence-corrected chi connectivity index (χ4v) is 2.10. The number of carbonyl (C=O) groups excluding carboxylic acids is 1. The highest BCUT2D eigenvalue weighted by atomic mass is 16.7. The Bertz CT molecular complexity index is 359. The van der Waals surface area contributed by atoms with Crippen molar-refractivity contribution in [2.24, 2.45) is 23.7 Å². The van der Waals surface area contributed by atoms with E-state index < -0.39 is 6.29 Å². The van der Waals surface area contributed by atoms with E-state index in [2.05, 4.69) is 41.5 Å². The zero-order chi connectivity index (χ0) is 16.7. The molecule has 0 amide bonds. The van der Waals surface area contributed by atoms with Crippen LogP contribution in [0.15, 0.2) is 11.8 Å². The first kappa shape index (κ1) is 19.2. The molecule has 0 aromatic rings. The standard InChI is InChI=1S/C18H32O4/c1-12(2)9-20-15-7-16(17(19)8-15)18(21-10-13(3)4)22-11-14(5)6/h8,12-14,16,18H,7,9-11H2,1-6H3. The maximum Gasteiger partial charge on any atom is 0.168 e. The molecular weight excluding hydrogens is 280 g/mol. The molecule has 1 aliphatic carbocycles. The van der Waals surface area contributed by atoms with E-state index in [1.165, 1.54) is 0 Å². The quantitative estimate of drug-likeness (QED) is 0.576. The van der Waals surface area contributed by atoms with Gasteiger partial charge in [-0.3, -0.25) is 4.79 Å². The Hall–Kier alpha value is -0.870. The Balaban J connectivity index is 2.60. The molecule has 0 bridgehead atoms. The summed E-state index contributed by atoms with van der Waals surface area (Å²) < 4.78 is 17.4. The lowest BCUT2D eigenvalue weighted by atomic mass is 10.1. The molecule has 0 aromatic carbocycles. The van der Waals surface area contributed by atoms with Gasteiger partial charge in [0.05, 0.1) is 25.7 Å². The minimum atomic E-state index is -0.478. The summed E-state index contributed by atoms with van der Waals surface area (Å²) in [4.78, 5) is 12.2. The van der Waals surface area contributed by atoms with Crippen molar-refractivity contribution >= 4 is 5.78 Å². The van der Waals surface area contributed by atoms with Crippen molar-refractivity contribution in [3.05, 3.63) is 11.8 Å². The van der Waals surface area contributed by atoms with Crippen molar-refractivity contribution < 1.29 is 19.0 Å². The largest absolute Gasteiger partial charge is 0.498 e. The van der Waals surface area contributed by atoms with E-state index in [1.54, 1.807) is 6.08 Å². The minimum Gasteiger partial charge on any atom is -0.498 e. The zero-order valence-corrected chi connectivity index (χ0v) is 14.9. The minimum absolute atomic E-state index is 0.0521. The summed E-state index contributed by atoms with van der Waals surface area (Å²) in [5.74, 6) is 1.80. The SMILES string of the molecule is CC(C)COC1=CC(=O)C(C(OCC(C)C)OCC(C)C)C1. The molecule has 0 fully saturated rings. The molecule has 128 valence electrons. The first-order chi connectivity index (χ1) is 10.3. The molecule has 1 rings (SSSR count). The van der Waals surface area contributed by atoms with Crippen LogP contribution in [0.4, 0.5) is 0 Å². The van der Waals surface area contributed by atoms with Gasteiger partial charge in [0.1, 0.15) is 5.76 Å². The van der Waals surface area contributed by atoms with Crippen molar-refractivity contribution in [1.29, 1.82) is 0 Å². The van der Waals surface area contributed by atoms with Crippen LogP contribution in [0, 0.1) is 23.7 Å². The molecule has 4 nitrogen and oxygen atoms in total. The molecule has 0 heterocycles. The summed E-state index contributed by atoms with van der Waals surface area (Å²) in [5.41, 5.74) is 0. The van der Waals surface area contributed by atoms with Crippen LogP contribution in [0.2, 0.25) is 0 Å². The monoisotopic (exact) mass is 312 g/mol. The molecule has 0 aromatic heterocycles. The van der Waals surface area contributed by atoms with Gasteiger partial charge in [0.2, 0.25) is 0 Å². The third kappa shape index (κ3) is 6.93. The maximum atomic E-state index is 12.2. The van der Waals surface area contributed by atoms with Crippen LogP contribution in [0.3, 0.4) is 0 Å². The van der Waals surface area contributed by atoms with Crippen LogP contribution in [0.25, 0.3) is 0 Å². The Morgan fingerprint density at radius 3 is 1.91 bits per heavy atom. The summed E-state index contributed by atoms with van der Waals surface area (Å²) in [5, 5.41) is 0. The van der Waals surface area contributed by atoms with Gasteiger partial charge in [-0.2, -0.15) is 0 Å². The van der Waals surface area contributed by atoms with E-state index in [9.17, 15) is 4.79 Å². The number of carbonyl (C=O) groups is 1. The summed E-state index contributed by atoms with van der Waals surface area (Å²) in [6.07, 6.45) is 1.71. The molecule has 1 atom stereocenters. The Labute approximate surface area is 135 Å². The highest BCUT2D eigenvalue weighted by molar-refractivity contribution is 5.95. The molecule has 0 radical (unpaired) electrons. The summed E-state index contributed by atoms with van der Waals surface area (Å²) in [6, 6.07) is 0. The molecule has 0 N–H and O–H groups in total. The van der Waals surface area contributed by atoms with Crippen LogP contribution < -0.4 is 0 Å². The average molecular weight is 312 g/mol. The Morgan fingerprint density at radius 2 is 1.45 bits per heavy atom. The topological polar surface area (TPSA) is 44.8 Å². The predicted molar refractivity (Wildman–Crippen MR) is 87.4 cm³/mol. The lowest BCUT2D eigenvalue weighted by molar-refractivity contribution is -0.183. The Kier molecular flexibility index (Phi) is 8.12. The van der Waals surface area contributed by atoms with Gasteiger partial charge in [-0.25, -0.2) is 0 Å². The zero-order valence-electron chi connectivity index (χ0n) is 14.9. The average Bonchev–Trinajstić information content (AvgIpc) is 2.77. The van der Waals surface area contributed by atoms with Crippen molar-refractivity contribution in [2.45, 2.75) is 54.3 Å². The van der Waals surface area contributed by atoms with Crippen molar-refractivity contribution in [1.82, 2.24) is 0 Å². The lowest BCUT2D eigenvalue weighted by Gasteiger charge is -2.25. The fraction of sp³-hybridized carbons (Fsp3) is 0.833.